The van der Waals surface area contributed by atoms with Crippen molar-refractivity contribution in [2.45, 2.75) is 17.9 Å². The van der Waals surface area contributed by atoms with E-state index in [4.69, 9.17) is 0 Å². The van der Waals surface area contributed by atoms with Crippen LogP contribution in [0.1, 0.15) is 12.1 Å². The smallest absolute Gasteiger partial charge is 0.244 e. The summed E-state index contributed by atoms with van der Waals surface area (Å²) in [5.41, 5.74) is 0.977. The Balaban J connectivity index is 2.25. The molecule has 0 saturated carbocycles. The topological polar surface area (TPSA) is 54.3 Å². The Morgan fingerprint density at radius 1 is 1.37 bits per heavy atom. The molecule has 1 aliphatic rings. The molecule has 0 atom stereocenters. The molecule has 5 nitrogen and oxygen atoms in total. The summed E-state index contributed by atoms with van der Waals surface area (Å²) in [6, 6.07) is 1.77. The summed E-state index contributed by atoms with van der Waals surface area (Å²) < 4.78 is 28.7. The van der Waals surface area contributed by atoms with Crippen LogP contribution in [-0.2, 0) is 23.6 Å². The highest BCUT2D eigenvalue weighted by atomic mass is 32.2. The lowest BCUT2D eigenvalue weighted by Crippen LogP contribution is -2.32. The quantitative estimate of drug-likeness (QED) is 0.897. The fraction of sp³-hybridized carbons (Fsp3) is 0.667. The van der Waals surface area contributed by atoms with Crippen molar-refractivity contribution >= 4 is 21.8 Å². The molecule has 19 heavy (non-hydrogen) atoms. The largest absolute Gasteiger partial charge is 0.352 e. The van der Waals surface area contributed by atoms with Crippen LogP contribution in [0.25, 0.3) is 0 Å². The molecule has 0 bridgehead atoms. The second-order valence-electron chi connectivity index (χ2n) is 4.68. The zero-order valence-electron chi connectivity index (χ0n) is 11.4. The summed E-state index contributed by atoms with van der Waals surface area (Å²) in [5, 5.41) is 3.05. The first kappa shape index (κ1) is 14.9. The van der Waals surface area contributed by atoms with E-state index in [-0.39, 0.29) is 0 Å². The number of aromatic nitrogens is 1. The number of nitrogens with zero attached hydrogens (tertiary/aromatic N) is 2. The predicted molar refractivity (Wildman–Crippen MR) is 78.9 cm³/mol. The van der Waals surface area contributed by atoms with Crippen LogP contribution in [-0.4, -0.2) is 48.9 Å². The van der Waals surface area contributed by atoms with E-state index < -0.39 is 10.0 Å². The summed E-state index contributed by atoms with van der Waals surface area (Å²) in [6.45, 7) is 1.91. The van der Waals surface area contributed by atoms with E-state index in [2.05, 4.69) is 5.32 Å². The van der Waals surface area contributed by atoms with Gasteiger partial charge in [0.25, 0.3) is 0 Å². The van der Waals surface area contributed by atoms with Crippen LogP contribution in [0.5, 0.6) is 0 Å². The highest BCUT2D eigenvalue weighted by Gasteiger charge is 2.26. The van der Waals surface area contributed by atoms with Gasteiger partial charge in [-0.25, -0.2) is 8.42 Å². The van der Waals surface area contributed by atoms with Gasteiger partial charge >= 0.3 is 0 Å². The maximum atomic E-state index is 12.6. The lowest BCUT2D eigenvalue weighted by atomic mass is 10.4. The minimum Gasteiger partial charge on any atom is -0.352 e. The fourth-order valence-electron chi connectivity index (χ4n) is 2.19. The number of hydrogen-bond donors (Lipinski definition) is 1. The Kier molecular flexibility index (Phi) is 4.94. The summed E-state index contributed by atoms with van der Waals surface area (Å²) >= 11 is 1.83. The number of aryl methyl sites for hydroxylation is 1. The van der Waals surface area contributed by atoms with Crippen LogP contribution in [0.3, 0.4) is 0 Å². The van der Waals surface area contributed by atoms with Gasteiger partial charge in [0.15, 0.2) is 0 Å². The molecule has 0 radical (unpaired) electrons. The number of rotatable bonds is 4. The summed E-state index contributed by atoms with van der Waals surface area (Å²) in [5.74, 6) is 1.93. The maximum Gasteiger partial charge on any atom is 0.244 e. The Morgan fingerprint density at radius 3 is 2.89 bits per heavy atom. The lowest BCUT2D eigenvalue weighted by molar-refractivity contribution is 0.435. The number of thioether (sulfide) groups is 1. The molecule has 2 heterocycles. The highest BCUT2D eigenvalue weighted by Crippen LogP contribution is 2.21. The number of hydrogen-bond acceptors (Lipinski definition) is 4. The van der Waals surface area contributed by atoms with Crippen LogP contribution in [0, 0.1) is 0 Å². The molecule has 0 aromatic carbocycles. The summed E-state index contributed by atoms with van der Waals surface area (Å²) in [7, 11) is 0.399. The predicted octanol–water partition coefficient (Wildman–Crippen LogP) is 0.872. The van der Waals surface area contributed by atoms with Gasteiger partial charge in [-0.05, 0) is 25.3 Å². The van der Waals surface area contributed by atoms with Crippen molar-refractivity contribution < 1.29 is 8.42 Å². The second kappa shape index (κ2) is 6.30. The van der Waals surface area contributed by atoms with Gasteiger partial charge in [-0.15, -0.1) is 0 Å². The molecular weight excluding hydrogens is 282 g/mol. The standard InChI is InChI=1S/C12H21N3O2S2/c1-13-9-11-8-12(10-14(11)2)19(16,17)15-4-3-6-18-7-5-15/h8,10,13H,3-7,9H2,1-2H3. The van der Waals surface area contributed by atoms with Crippen molar-refractivity contribution in [2.24, 2.45) is 7.05 Å². The van der Waals surface area contributed by atoms with Gasteiger partial charge in [-0.3, -0.25) is 0 Å². The molecule has 1 fully saturated rings. The second-order valence-corrected chi connectivity index (χ2v) is 7.84. The molecule has 1 aliphatic heterocycles. The molecule has 1 N–H and O–H groups in total. The molecule has 0 spiro atoms. The first-order chi connectivity index (χ1) is 9.05. The zero-order chi connectivity index (χ0) is 13.9. The van der Waals surface area contributed by atoms with Gasteiger partial charge in [0.1, 0.15) is 4.90 Å². The van der Waals surface area contributed by atoms with Gasteiger partial charge in [-0.2, -0.15) is 16.1 Å². The Bertz CT molecular complexity index is 517. The molecular formula is C12H21N3O2S2. The maximum absolute atomic E-state index is 12.6. The molecule has 0 unspecified atom stereocenters. The van der Waals surface area contributed by atoms with Crippen molar-refractivity contribution in [1.29, 1.82) is 0 Å². The van der Waals surface area contributed by atoms with Crippen molar-refractivity contribution in [2.75, 3.05) is 31.6 Å². The zero-order valence-corrected chi connectivity index (χ0v) is 13.1. The number of nitrogens with one attached hydrogen (secondary N) is 1. The molecule has 1 aromatic rings. The minimum atomic E-state index is -3.33. The van der Waals surface area contributed by atoms with Gasteiger partial charge in [-0.1, -0.05) is 0 Å². The molecule has 7 heteroatoms. The SMILES string of the molecule is CNCc1cc(S(=O)(=O)N2CCCSCC2)cn1C. The van der Waals surface area contributed by atoms with E-state index in [1.54, 1.807) is 16.6 Å². The van der Waals surface area contributed by atoms with E-state index >= 15 is 0 Å². The van der Waals surface area contributed by atoms with Gasteiger partial charge < -0.3 is 9.88 Å². The summed E-state index contributed by atoms with van der Waals surface area (Å²) in [4.78, 5) is 0.409. The Morgan fingerprint density at radius 2 is 2.16 bits per heavy atom. The first-order valence-corrected chi connectivity index (χ1v) is 9.03. The Hall–Kier alpha value is -0.500. The first-order valence-electron chi connectivity index (χ1n) is 6.43. The monoisotopic (exact) mass is 303 g/mol. The highest BCUT2D eigenvalue weighted by molar-refractivity contribution is 7.99. The van der Waals surface area contributed by atoms with Crippen LogP contribution >= 0.6 is 11.8 Å². The van der Waals surface area contributed by atoms with E-state index in [9.17, 15) is 8.42 Å². The van der Waals surface area contributed by atoms with E-state index in [1.807, 2.05) is 30.4 Å². The molecule has 2 rings (SSSR count). The third kappa shape index (κ3) is 3.34. The minimum absolute atomic E-state index is 0.409. The van der Waals surface area contributed by atoms with Gasteiger partial charge in [0.05, 0.1) is 0 Å². The third-order valence-electron chi connectivity index (χ3n) is 3.26. The third-order valence-corrected chi connectivity index (χ3v) is 6.17. The average Bonchev–Trinajstić information content (AvgIpc) is 2.61. The van der Waals surface area contributed by atoms with Crippen LogP contribution in [0.15, 0.2) is 17.2 Å². The van der Waals surface area contributed by atoms with Gasteiger partial charge in [0.2, 0.25) is 10.0 Å². The van der Waals surface area contributed by atoms with Crippen molar-refractivity contribution in [3.63, 3.8) is 0 Å². The number of sulfonamides is 1. The van der Waals surface area contributed by atoms with Crippen LogP contribution < -0.4 is 5.32 Å². The van der Waals surface area contributed by atoms with Crippen LogP contribution in [0.4, 0.5) is 0 Å². The van der Waals surface area contributed by atoms with E-state index in [0.717, 1.165) is 23.6 Å². The van der Waals surface area contributed by atoms with Crippen molar-refractivity contribution in [3.05, 3.63) is 18.0 Å². The Labute approximate surface area is 119 Å². The van der Waals surface area contributed by atoms with Crippen LogP contribution in [0.2, 0.25) is 0 Å². The molecule has 1 aromatic heterocycles. The molecule has 1 saturated heterocycles. The van der Waals surface area contributed by atoms with Crippen molar-refractivity contribution in [1.82, 2.24) is 14.2 Å². The van der Waals surface area contributed by atoms with E-state index in [1.165, 1.54) is 0 Å². The average molecular weight is 303 g/mol. The van der Waals surface area contributed by atoms with Gasteiger partial charge in [0, 0.05) is 44.3 Å². The van der Waals surface area contributed by atoms with E-state index in [0.29, 0.717) is 24.5 Å². The summed E-state index contributed by atoms with van der Waals surface area (Å²) in [6.07, 6.45) is 2.64. The lowest BCUT2D eigenvalue weighted by Gasteiger charge is -2.18. The molecule has 0 amide bonds. The molecule has 0 aliphatic carbocycles. The molecule has 108 valence electrons. The fourth-order valence-corrected chi connectivity index (χ4v) is 4.77. The normalized spacial score (nSPS) is 18.4. The van der Waals surface area contributed by atoms with Crippen molar-refractivity contribution in [3.8, 4) is 0 Å².